The van der Waals surface area contributed by atoms with E-state index in [1.807, 2.05) is 47.0 Å². The molecule has 0 spiro atoms. The first-order chi connectivity index (χ1) is 13.6. The van der Waals surface area contributed by atoms with E-state index >= 15 is 0 Å². The van der Waals surface area contributed by atoms with E-state index in [1.165, 1.54) is 5.56 Å². The molecule has 7 heteroatoms. The Morgan fingerprint density at radius 2 is 2.14 bits per heavy atom. The van der Waals surface area contributed by atoms with E-state index < -0.39 is 0 Å². The highest BCUT2D eigenvalue weighted by Gasteiger charge is 2.33. The lowest BCUT2D eigenvalue weighted by Crippen LogP contribution is -2.31. The van der Waals surface area contributed by atoms with Crippen LogP contribution in [0, 0.1) is 6.92 Å². The number of rotatable bonds is 3. The molecule has 1 aliphatic heterocycles. The van der Waals surface area contributed by atoms with Gasteiger partial charge < -0.3 is 14.5 Å². The van der Waals surface area contributed by atoms with Gasteiger partial charge in [-0.05, 0) is 55.7 Å². The number of aryl methyl sites for hydroxylation is 2. The monoisotopic (exact) mass is 374 g/mol. The summed E-state index contributed by atoms with van der Waals surface area (Å²) in [4.78, 5) is 23.2. The summed E-state index contributed by atoms with van der Waals surface area (Å²) >= 11 is 0. The number of hydrogen-bond acceptors (Lipinski definition) is 3. The molecule has 142 valence electrons. The third-order valence-corrected chi connectivity index (χ3v) is 5.50. The highest BCUT2D eigenvalue weighted by molar-refractivity contribution is 5.93. The van der Waals surface area contributed by atoms with Crippen molar-refractivity contribution in [3.63, 3.8) is 0 Å². The van der Waals surface area contributed by atoms with E-state index in [9.17, 15) is 4.79 Å². The van der Waals surface area contributed by atoms with Gasteiger partial charge in [0.15, 0.2) is 0 Å². The molecule has 1 saturated heterocycles. The van der Waals surface area contributed by atoms with E-state index in [1.54, 1.807) is 0 Å². The number of nitrogens with zero attached hydrogens (tertiary/aromatic N) is 4. The molecule has 4 aromatic rings. The summed E-state index contributed by atoms with van der Waals surface area (Å²) in [5.41, 5.74) is 5.39. The number of nitrogens with one attached hydrogen (secondary N) is 2. The van der Waals surface area contributed by atoms with Gasteiger partial charge in [0.25, 0.3) is 5.91 Å². The average Bonchev–Trinajstić information content (AvgIpc) is 3.45. The standard InChI is InChI=1S/C21H22N6O/c1-13-7-8-14-15(11-13)23-20(22-14)19-6-4-10-27(19)21(28)17-12-16(24-25-17)18-5-3-9-26(18)2/h3,5,7-9,11-12,19H,4,6,10H2,1-2H3,(H,22,23)(H,24,25). The van der Waals surface area contributed by atoms with Crippen LogP contribution >= 0.6 is 0 Å². The predicted octanol–water partition coefficient (Wildman–Crippen LogP) is 3.58. The van der Waals surface area contributed by atoms with Crippen LogP contribution in [-0.2, 0) is 7.05 Å². The normalized spacial score (nSPS) is 16.9. The zero-order valence-corrected chi connectivity index (χ0v) is 15.9. The van der Waals surface area contributed by atoms with Crippen LogP contribution in [-0.4, -0.2) is 42.1 Å². The van der Waals surface area contributed by atoms with Gasteiger partial charge in [-0.1, -0.05) is 6.07 Å². The SMILES string of the molecule is Cc1ccc2nc(C3CCCN3C(=O)c3cc(-c4cccn4C)n[nH]3)[nH]c2c1. The minimum atomic E-state index is -0.0398. The third kappa shape index (κ3) is 2.70. The van der Waals surface area contributed by atoms with Gasteiger partial charge >= 0.3 is 0 Å². The fourth-order valence-corrected chi connectivity index (χ4v) is 4.04. The van der Waals surface area contributed by atoms with Gasteiger partial charge in [0.1, 0.15) is 17.2 Å². The maximum absolute atomic E-state index is 13.2. The molecule has 0 bridgehead atoms. The van der Waals surface area contributed by atoms with Gasteiger partial charge in [-0.3, -0.25) is 9.89 Å². The summed E-state index contributed by atoms with van der Waals surface area (Å²) < 4.78 is 1.99. The van der Waals surface area contributed by atoms with Gasteiger partial charge in [0, 0.05) is 19.8 Å². The number of likely N-dealkylation sites (tertiary alicyclic amines) is 1. The van der Waals surface area contributed by atoms with Crippen molar-refractivity contribution in [3.8, 4) is 11.4 Å². The fourth-order valence-electron chi connectivity index (χ4n) is 4.04. The van der Waals surface area contributed by atoms with Crippen LogP contribution in [0.5, 0.6) is 0 Å². The predicted molar refractivity (Wildman–Crippen MR) is 107 cm³/mol. The Morgan fingerprint density at radius 1 is 1.25 bits per heavy atom. The van der Waals surface area contributed by atoms with Crippen molar-refractivity contribution in [2.75, 3.05) is 6.54 Å². The number of aromatic amines is 2. The number of hydrogen-bond donors (Lipinski definition) is 2. The number of imidazole rings is 1. The maximum atomic E-state index is 13.2. The van der Waals surface area contributed by atoms with E-state index in [0.29, 0.717) is 5.69 Å². The molecule has 28 heavy (non-hydrogen) atoms. The molecule has 0 aliphatic carbocycles. The van der Waals surface area contributed by atoms with Gasteiger partial charge in [0.2, 0.25) is 0 Å². The number of benzene rings is 1. The first-order valence-corrected chi connectivity index (χ1v) is 9.54. The van der Waals surface area contributed by atoms with E-state index in [4.69, 9.17) is 4.98 Å². The molecule has 2 N–H and O–H groups in total. The summed E-state index contributed by atoms with van der Waals surface area (Å²) in [5.74, 6) is 0.820. The lowest BCUT2D eigenvalue weighted by atomic mass is 10.2. The highest BCUT2D eigenvalue weighted by atomic mass is 16.2. The van der Waals surface area contributed by atoms with Crippen molar-refractivity contribution < 1.29 is 4.79 Å². The van der Waals surface area contributed by atoms with E-state index in [2.05, 4.69) is 34.2 Å². The van der Waals surface area contributed by atoms with E-state index in [0.717, 1.165) is 47.6 Å². The number of carbonyl (C=O) groups excluding carboxylic acids is 1. The van der Waals surface area contributed by atoms with Crippen molar-refractivity contribution in [1.29, 1.82) is 0 Å². The Kier molecular flexibility index (Phi) is 3.82. The Hall–Kier alpha value is -3.35. The van der Waals surface area contributed by atoms with Crippen LogP contribution < -0.4 is 0 Å². The summed E-state index contributed by atoms with van der Waals surface area (Å²) in [5, 5.41) is 7.26. The first kappa shape index (κ1) is 16.8. The van der Waals surface area contributed by atoms with Gasteiger partial charge in [0.05, 0.1) is 22.8 Å². The van der Waals surface area contributed by atoms with Crippen LogP contribution in [0.3, 0.4) is 0 Å². The van der Waals surface area contributed by atoms with Crippen molar-refractivity contribution in [1.82, 2.24) is 29.6 Å². The molecule has 1 unspecified atom stereocenters. The first-order valence-electron chi connectivity index (χ1n) is 9.54. The molecule has 5 rings (SSSR count). The molecular formula is C21H22N6O. The summed E-state index contributed by atoms with van der Waals surface area (Å²) in [6.45, 7) is 2.78. The molecule has 1 amide bonds. The molecule has 3 aromatic heterocycles. The van der Waals surface area contributed by atoms with Crippen molar-refractivity contribution >= 4 is 16.9 Å². The second-order valence-electron chi connectivity index (χ2n) is 7.47. The quantitative estimate of drug-likeness (QED) is 0.575. The molecule has 4 heterocycles. The van der Waals surface area contributed by atoms with Crippen molar-refractivity contribution in [3.05, 3.63) is 59.7 Å². The number of amides is 1. The Labute approximate surface area is 162 Å². The largest absolute Gasteiger partial charge is 0.349 e. The lowest BCUT2D eigenvalue weighted by Gasteiger charge is -2.22. The second kappa shape index (κ2) is 6.37. The molecule has 0 radical (unpaired) electrons. The van der Waals surface area contributed by atoms with Crippen molar-refractivity contribution in [2.45, 2.75) is 25.8 Å². The fraction of sp³-hybridized carbons (Fsp3) is 0.286. The third-order valence-electron chi connectivity index (χ3n) is 5.50. The topological polar surface area (TPSA) is 82.6 Å². The van der Waals surface area contributed by atoms with Crippen LogP contribution in [0.4, 0.5) is 0 Å². The Morgan fingerprint density at radius 3 is 2.96 bits per heavy atom. The summed E-state index contributed by atoms with van der Waals surface area (Å²) in [6, 6.07) is 11.9. The minimum Gasteiger partial charge on any atom is -0.349 e. The highest BCUT2D eigenvalue weighted by Crippen LogP contribution is 2.33. The molecule has 7 nitrogen and oxygen atoms in total. The average molecular weight is 374 g/mol. The van der Waals surface area contributed by atoms with Gasteiger partial charge in [-0.25, -0.2) is 4.98 Å². The Balaban J connectivity index is 1.44. The van der Waals surface area contributed by atoms with Crippen LogP contribution in [0.15, 0.2) is 42.6 Å². The summed E-state index contributed by atoms with van der Waals surface area (Å²) in [6.07, 6.45) is 3.83. The molecule has 1 atom stereocenters. The van der Waals surface area contributed by atoms with Crippen LogP contribution in [0.2, 0.25) is 0 Å². The van der Waals surface area contributed by atoms with E-state index in [-0.39, 0.29) is 11.9 Å². The Bertz CT molecular complexity index is 1170. The number of aromatic nitrogens is 5. The lowest BCUT2D eigenvalue weighted by molar-refractivity contribution is 0.0724. The second-order valence-corrected chi connectivity index (χ2v) is 7.47. The number of H-pyrrole nitrogens is 2. The molecule has 1 aromatic carbocycles. The van der Waals surface area contributed by atoms with Gasteiger partial charge in [-0.15, -0.1) is 0 Å². The zero-order chi connectivity index (χ0) is 19.3. The smallest absolute Gasteiger partial charge is 0.272 e. The van der Waals surface area contributed by atoms with Crippen LogP contribution in [0.25, 0.3) is 22.4 Å². The molecule has 1 fully saturated rings. The van der Waals surface area contributed by atoms with Gasteiger partial charge in [-0.2, -0.15) is 5.10 Å². The molecular weight excluding hydrogens is 352 g/mol. The van der Waals surface area contributed by atoms with Crippen LogP contribution in [0.1, 0.15) is 40.8 Å². The number of carbonyl (C=O) groups is 1. The minimum absolute atomic E-state index is 0.0351. The molecule has 1 aliphatic rings. The summed E-state index contributed by atoms with van der Waals surface area (Å²) in [7, 11) is 1.96. The van der Waals surface area contributed by atoms with Crippen molar-refractivity contribution in [2.24, 2.45) is 7.05 Å². The molecule has 0 saturated carbocycles. The number of fused-ring (bicyclic) bond motifs is 1. The zero-order valence-electron chi connectivity index (χ0n) is 15.9. The maximum Gasteiger partial charge on any atom is 0.272 e.